The van der Waals surface area contributed by atoms with E-state index in [1.54, 1.807) is 0 Å². The first kappa shape index (κ1) is 15.3. The number of unbranched alkanes of at least 4 members (excludes halogenated alkanes) is 1. The van der Waals surface area contributed by atoms with E-state index in [9.17, 15) is 14.3 Å². The quantitative estimate of drug-likeness (QED) is 0.292. The largest absolute Gasteiger partial charge is 0.385 e. The summed E-state index contributed by atoms with van der Waals surface area (Å²) >= 11 is 0. The van der Waals surface area contributed by atoms with Gasteiger partial charge in [0.15, 0.2) is 0 Å². The molecule has 96 valence electrons. The van der Waals surface area contributed by atoms with E-state index in [1.165, 1.54) is 19.3 Å². The lowest BCUT2D eigenvalue weighted by molar-refractivity contribution is -0.148. The molecule has 0 radical (unpaired) electrons. The second kappa shape index (κ2) is 6.12. The number of hydroxylamine groups is 1. The predicted octanol–water partition coefficient (Wildman–Crippen LogP) is 0.361. The summed E-state index contributed by atoms with van der Waals surface area (Å²) < 4.78 is 12.7. The predicted molar refractivity (Wildman–Crippen MR) is 57.8 cm³/mol. The van der Waals surface area contributed by atoms with Gasteiger partial charge < -0.3 is 10.4 Å². The van der Waals surface area contributed by atoms with Crippen LogP contribution in [0.2, 0.25) is 0 Å². The number of alkyl halides is 1. The SMILES string of the molecule is CCCCNC(C)(C(=O)NO)C(C)(O)CF. The van der Waals surface area contributed by atoms with Gasteiger partial charge in [0.05, 0.1) is 0 Å². The monoisotopic (exact) mass is 236 g/mol. The summed E-state index contributed by atoms with van der Waals surface area (Å²) in [5.74, 6) is -0.855. The third-order valence-electron chi connectivity index (χ3n) is 2.90. The molecule has 0 aliphatic carbocycles. The van der Waals surface area contributed by atoms with Crippen molar-refractivity contribution >= 4 is 5.91 Å². The van der Waals surface area contributed by atoms with Crippen LogP contribution in [0.3, 0.4) is 0 Å². The van der Waals surface area contributed by atoms with E-state index in [2.05, 4.69) is 5.32 Å². The van der Waals surface area contributed by atoms with Gasteiger partial charge in [-0.1, -0.05) is 13.3 Å². The van der Waals surface area contributed by atoms with Gasteiger partial charge >= 0.3 is 0 Å². The Balaban J connectivity index is 4.82. The van der Waals surface area contributed by atoms with Gasteiger partial charge in [0.25, 0.3) is 5.91 Å². The first-order valence-corrected chi connectivity index (χ1v) is 5.33. The van der Waals surface area contributed by atoms with Crippen molar-refractivity contribution in [3.63, 3.8) is 0 Å². The summed E-state index contributed by atoms with van der Waals surface area (Å²) in [6.07, 6.45) is 1.69. The van der Waals surface area contributed by atoms with Crippen LogP contribution in [-0.4, -0.2) is 40.6 Å². The van der Waals surface area contributed by atoms with Crippen molar-refractivity contribution in [3.05, 3.63) is 0 Å². The van der Waals surface area contributed by atoms with Gasteiger partial charge in [-0.05, 0) is 26.8 Å². The number of amides is 1. The number of rotatable bonds is 7. The average Bonchev–Trinajstić information content (AvgIpc) is 2.27. The number of carbonyl (C=O) groups is 1. The fourth-order valence-corrected chi connectivity index (χ4v) is 1.28. The zero-order valence-corrected chi connectivity index (χ0v) is 10.0. The molecule has 0 heterocycles. The highest BCUT2D eigenvalue weighted by molar-refractivity contribution is 5.86. The summed E-state index contributed by atoms with van der Waals surface area (Å²) in [6.45, 7) is 3.90. The zero-order valence-electron chi connectivity index (χ0n) is 10.0. The van der Waals surface area contributed by atoms with Gasteiger partial charge in [-0.2, -0.15) is 0 Å². The Labute approximate surface area is 95.0 Å². The molecule has 2 atom stereocenters. The minimum Gasteiger partial charge on any atom is -0.385 e. The van der Waals surface area contributed by atoms with Crippen LogP contribution in [0.15, 0.2) is 0 Å². The highest BCUT2D eigenvalue weighted by Crippen LogP contribution is 2.23. The van der Waals surface area contributed by atoms with Crippen molar-refractivity contribution in [3.8, 4) is 0 Å². The van der Waals surface area contributed by atoms with E-state index >= 15 is 0 Å². The summed E-state index contributed by atoms with van der Waals surface area (Å²) in [5, 5.41) is 21.2. The molecule has 0 aromatic rings. The van der Waals surface area contributed by atoms with Crippen LogP contribution in [0, 0.1) is 0 Å². The number of halogens is 1. The molecule has 0 rings (SSSR count). The number of nitrogens with one attached hydrogen (secondary N) is 2. The molecule has 0 aromatic heterocycles. The molecular weight excluding hydrogens is 215 g/mol. The zero-order chi connectivity index (χ0) is 12.8. The van der Waals surface area contributed by atoms with Gasteiger partial charge in [-0.25, -0.2) is 9.87 Å². The molecule has 16 heavy (non-hydrogen) atoms. The number of aliphatic hydroxyl groups is 1. The van der Waals surface area contributed by atoms with Crippen LogP contribution in [0.5, 0.6) is 0 Å². The van der Waals surface area contributed by atoms with Gasteiger partial charge in [0.2, 0.25) is 0 Å². The third kappa shape index (κ3) is 3.13. The molecule has 0 fully saturated rings. The fourth-order valence-electron chi connectivity index (χ4n) is 1.28. The molecule has 4 N–H and O–H groups in total. The maximum absolute atomic E-state index is 12.7. The Hall–Kier alpha value is -0.720. The summed E-state index contributed by atoms with van der Waals surface area (Å²) in [7, 11) is 0. The van der Waals surface area contributed by atoms with Crippen LogP contribution >= 0.6 is 0 Å². The van der Waals surface area contributed by atoms with Crippen molar-refractivity contribution in [2.75, 3.05) is 13.2 Å². The maximum atomic E-state index is 12.7. The Morgan fingerprint density at radius 1 is 1.44 bits per heavy atom. The van der Waals surface area contributed by atoms with Crippen molar-refractivity contribution in [2.45, 2.75) is 44.8 Å². The molecule has 1 amide bonds. The second-order valence-corrected chi connectivity index (χ2v) is 4.25. The highest BCUT2D eigenvalue weighted by atomic mass is 19.1. The van der Waals surface area contributed by atoms with E-state index in [-0.39, 0.29) is 0 Å². The third-order valence-corrected chi connectivity index (χ3v) is 2.90. The van der Waals surface area contributed by atoms with E-state index in [1.807, 2.05) is 6.92 Å². The lowest BCUT2D eigenvalue weighted by Gasteiger charge is -2.39. The molecule has 6 heteroatoms. The molecule has 0 aliphatic rings. The van der Waals surface area contributed by atoms with Crippen molar-refractivity contribution < 1.29 is 19.5 Å². The van der Waals surface area contributed by atoms with Crippen molar-refractivity contribution in [2.24, 2.45) is 0 Å². The Morgan fingerprint density at radius 3 is 2.38 bits per heavy atom. The Morgan fingerprint density at radius 2 is 2.00 bits per heavy atom. The highest BCUT2D eigenvalue weighted by Gasteiger charge is 2.49. The van der Waals surface area contributed by atoms with E-state index < -0.39 is 23.7 Å². The maximum Gasteiger partial charge on any atom is 0.266 e. The number of hydrogen-bond acceptors (Lipinski definition) is 4. The molecule has 0 saturated heterocycles. The first-order valence-electron chi connectivity index (χ1n) is 5.33. The van der Waals surface area contributed by atoms with Gasteiger partial charge in [-0.3, -0.25) is 10.0 Å². The van der Waals surface area contributed by atoms with Gasteiger partial charge in [0, 0.05) is 0 Å². The van der Waals surface area contributed by atoms with Gasteiger partial charge in [0.1, 0.15) is 17.8 Å². The van der Waals surface area contributed by atoms with Crippen LogP contribution < -0.4 is 10.8 Å². The molecular formula is C10H21FN2O3. The van der Waals surface area contributed by atoms with E-state index in [0.717, 1.165) is 12.8 Å². The summed E-state index contributed by atoms with van der Waals surface area (Å²) in [6, 6.07) is 0. The van der Waals surface area contributed by atoms with E-state index in [0.29, 0.717) is 6.54 Å². The van der Waals surface area contributed by atoms with Crippen LogP contribution in [0.25, 0.3) is 0 Å². The number of carbonyl (C=O) groups excluding carboxylic acids is 1. The molecule has 0 saturated carbocycles. The number of hydrogen-bond donors (Lipinski definition) is 4. The first-order chi connectivity index (χ1) is 7.35. The average molecular weight is 236 g/mol. The minimum atomic E-state index is -1.88. The summed E-state index contributed by atoms with van der Waals surface area (Å²) in [4.78, 5) is 11.5. The lowest BCUT2D eigenvalue weighted by atomic mass is 9.82. The van der Waals surface area contributed by atoms with Crippen LogP contribution in [0.1, 0.15) is 33.6 Å². The smallest absolute Gasteiger partial charge is 0.266 e. The Bertz CT molecular complexity index is 236. The standard InChI is InChI=1S/C10H21FN2O3/c1-4-5-6-12-10(3,8(14)13-16)9(2,15)7-11/h12,15-16H,4-7H2,1-3H3,(H,13,14). The van der Waals surface area contributed by atoms with Crippen LogP contribution in [-0.2, 0) is 4.79 Å². The lowest BCUT2D eigenvalue weighted by Crippen LogP contribution is -2.68. The molecule has 0 spiro atoms. The Kier molecular flexibility index (Phi) is 5.85. The normalized spacial score (nSPS) is 18.6. The fraction of sp³-hybridized carbons (Fsp3) is 0.900. The van der Waals surface area contributed by atoms with Crippen molar-refractivity contribution in [1.29, 1.82) is 0 Å². The topological polar surface area (TPSA) is 81.6 Å². The van der Waals surface area contributed by atoms with Crippen molar-refractivity contribution in [1.82, 2.24) is 10.8 Å². The molecule has 2 unspecified atom stereocenters. The molecule has 0 aromatic carbocycles. The second-order valence-electron chi connectivity index (χ2n) is 4.25. The minimum absolute atomic E-state index is 0.455. The molecule has 0 aliphatic heterocycles. The summed E-state index contributed by atoms with van der Waals surface area (Å²) in [5.41, 5.74) is -2.00. The molecule has 0 bridgehead atoms. The van der Waals surface area contributed by atoms with Gasteiger partial charge in [-0.15, -0.1) is 0 Å². The molecule has 5 nitrogen and oxygen atoms in total. The van der Waals surface area contributed by atoms with E-state index in [4.69, 9.17) is 5.21 Å². The van der Waals surface area contributed by atoms with Crippen LogP contribution in [0.4, 0.5) is 4.39 Å².